The third-order valence-electron chi connectivity index (χ3n) is 5.35. The maximum atomic E-state index is 13.6. The number of ether oxygens (including phenoxy) is 1. The van der Waals surface area contributed by atoms with Crippen molar-refractivity contribution in [1.29, 1.82) is 0 Å². The van der Waals surface area contributed by atoms with Gasteiger partial charge in [0.15, 0.2) is 0 Å². The Hall–Kier alpha value is -2.85. The molecule has 0 aliphatic carbocycles. The summed E-state index contributed by atoms with van der Waals surface area (Å²) in [7, 11) is -2.42. The van der Waals surface area contributed by atoms with Gasteiger partial charge in [0.25, 0.3) is 0 Å². The van der Waals surface area contributed by atoms with Crippen LogP contribution in [0.1, 0.15) is 32.3 Å². The van der Waals surface area contributed by atoms with E-state index in [0.29, 0.717) is 17.9 Å². The largest absolute Gasteiger partial charge is 0.497 e. The molecule has 0 heterocycles. The summed E-state index contributed by atoms with van der Waals surface area (Å²) in [6.45, 7) is 3.48. The first-order chi connectivity index (χ1) is 16.5. The standard InChI is InChI=1S/C24H31ClFN3O5S/c1-5-6-12-27-24(31)17(2)28(15-18-8-7-9-20(13-18)34-3)23(30)16-29(35(4,32)33)19-10-11-22(26)21(25)14-19/h7-11,13-14,17H,5-6,12,15-16H2,1-4H3,(H,27,31)/t17-/m1/s1. The lowest BCUT2D eigenvalue weighted by Crippen LogP contribution is -2.51. The van der Waals surface area contributed by atoms with E-state index < -0.39 is 34.3 Å². The van der Waals surface area contributed by atoms with Crippen LogP contribution in [0.3, 0.4) is 0 Å². The third-order valence-corrected chi connectivity index (χ3v) is 6.78. The minimum Gasteiger partial charge on any atom is -0.497 e. The molecule has 1 atom stereocenters. The van der Waals surface area contributed by atoms with E-state index >= 15 is 0 Å². The summed E-state index contributed by atoms with van der Waals surface area (Å²) in [6.07, 6.45) is 2.62. The second-order valence-electron chi connectivity index (χ2n) is 8.06. The molecule has 35 heavy (non-hydrogen) atoms. The Balaban J connectivity index is 2.38. The third kappa shape index (κ3) is 8.10. The van der Waals surface area contributed by atoms with E-state index in [1.807, 2.05) is 6.92 Å². The zero-order valence-electron chi connectivity index (χ0n) is 20.3. The van der Waals surface area contributed by atoms with Crippen LogP contribution in [0.2, 0.25) is 5.02 Å². The number of nitrogens with one attached hydrogen (secondary N) is 1. The Morgan fingerprint density at radius 3 is 2.51 bits per heavy atom. The molecular weight excluding hydrogens is 497 g/mol. The summed E-state index contributed by atoms with van der Waals surface area (Å²) < 4.78 is 44.8. The molecule has 0 bridgehead atoms. The molecule has 0 aliphatic heterocycles. The SMILES string of the molecule is CCCCNC(=O)[C@@H](C)N(Cc1cccc(OC)c1)C(=O)CN(c1ccc(F)c(Cl)c1)S(C)(=O)=O. The Morgan fingerprint density at radius 1 is 1.20 bits per heavy atom. The number of benzene rings is 2. The summed E-state index contributed by atoms with van der Waals surface area (Å²) in [5.41, 5.74) is 0.732. The van der Waals surface area contributed by atoms with Crippen LogP contribution in [0.15, 0.2) is 42.5 Å². The number of anilines is 1. The summed E-state index contributed by atoms with van der Waals surface area (Å²) >= 11 is 5.84. The van der Waals surface area contributed by atoms with Crippen molar-refractivity contribution >= 4 is 39.1 Å². The highest BCUT2D eigenvalue weighted by atomic mass is 35.5. The first-order valence-corrected chi connectivity index (χ1v) is 13.3. The number of carbonyl (C=O) groups excluding carboxylic acids is 2. The highest BCUT2D eigenvalue weighted by Crippen LogP contribution is 2.25. The van der Waals surface area contributed by atoms with Crippen molar-refractivity contribution < 1.29 is 27.1 Å². The number of amides is 2. The first-order valence-electron chi connectivity index (χ1n) is 11.1. The summed E-state index contributed by atoms with van der Waals surface area (Å²) in [6, 6.07) is 9.52. The quantitative estimate of drug-likeness (QED) is 0.426. The molecule has 8 nitrogen and oxygen atoms in total. The van der Waals surface area contributed by atoms with Gasteiger partial charge in [0.05, 0.1) is 24.1 Å². The molecule has 1 N–H and O–H groups in total. The second kappa shape index (κ2) is 12.7. The minimum atomic E-state index is -3.94. The smallest absolute Gasteiger partial charge is 0.244 e. The van der Waals surface area contributed by atoms with Gasteiger partial charge in [-0.2, -0.15) is 0 Å². The average molecular weight is 528 g/mol. The lowest BCUT2D eigenvalue weighted by Gasteiger charge is -2.31. The molecule has 0 saturated heterocycles. The molecule has 0 radical (unpaired) electrons. The molecule has 0 aromatic heterocycles. The van der Waals surface area contributed by atoms with Crippen LogP contribution < -0.4 is 14.4 Å². The Morgan fingerprint density at radius 2 is 1.91 bits per heavy atom. The molecule has 0 fully saturated rings. The fraction of sp³-hybridized carbons (Fsp3) is 0.417. The number of methoxy groups -OCH3 is 1. The molecule has 0 unspecified atom stereocenters. The van der Waals surface area contributed by atoms with Gasteiger partial charge in [-0.15, -0.1) is 0 Å². The van der Waals surface area contributed by atoms with Crippen molar-refractivity contribution in [2.75, 3.05) is 30.8 Å². The van der Waals surface area contributed by atoms with Crippen molar-refractivity contribution in [1.82, 2.24) is 10.2 Å². The van der Waals surface area contributed by atoms with Gasteiger partial charge in [0, 0.05) is 13.1 Å². The predicted octanol–water partition coefficient (Wildman–Crippen LogP) is 3.59. The molecule has 192 valence electrons. The van der Waals surface area contributed by atoms with Crippen LogP contribution in [0, 0.1) is 5.82 Å². The molecule has 2 aromatic rings. The Kier molecular flexibility index (Phi) is 10.3. The predicted molar refractivity (Wildman–Crippen MR) is 135 cm³/mol. The fourth-order valence-corrected chi connectivity index (χ4v) is 4.36. The zero-order chi connectivity index (χ0) is 26.2. The van der Waals surface area contributed by atoms with Crippen LogP contribution in [-0.2, 0) is 26.2 Å². The van der Waals surface area contributed by atoms with Gasteiger partial charge in [-0.25, -0.2) is 12.8 Å². The summed E-state index contributed by atoms with van der Waals surface area (Å²) in [4.78, 5) is 27.6. The maximum absolute atomic E-state index is 13.6. The molecule has 11 heteroatoms. The van der Waals surface area contributed by atoms with E-state index in [2.05, 4.69) is 5.32 Å². The lowest BCUT2D eigenvalue weighted by atomic mass is 10.1. The van der Waals surface area contributed by atoms with Crippen LogP contribution >= 0.6 is 11.6 Å². The number of nitrogens with zero attached hydrogens (tertiary/aromatic N) is 2. The van der Waals surface area contributed by atoms with Crippen molar-refractivity contribution in [3.8, 4) is 5.75 Å². The summed E-state index contributed by atoms with van der Waals surface area (Å²) in [5.74, 6) is -1.11. The van der Waals surface area contributed by atoms with Gasteiger partial charge in [-0.05, 0) is 49.2 Å². The van der Waals surface area contributed by atoms with Gasteiger partial charge in [0.2, 0.25) is 21.8 Å². The van der Waals surface area contributed by atoms with Gasteiger partial charge in [0.1, 0.15) is 24.2 Å². The van der Waals surface area contributed by atoms with Gasteiger partial charge in [-0.3, -0.25) is 13.9 Å². The summed E-state index contributed by atoms with van der Waals surface area (Å²) in [5, 5.41) is 2.53. The van der Waals surface area contributed by atoms with Gasteiger partial charge >= 0.3 is 0 Å². The topological polar surface area (TPSA) is 96.0 Å². The van der Waals surface area contributed by atoms with Crippen LogP contribution in [0.5, 0.6) is 5.75 Å². The molecule has 0 spiro atoms. The first kappa shape index (κ1) is 28.4. The zero-order valence-corrected chi connectivity index (χ0v) is 21.8. The van der Waals surface area contributed by atoms with Crippen molar-refractivity contribution in [2.45, 2.75) is 39.3 Å². The average Bonchev–Trinajstić information content (AvgIpc) is 2.81. The molecule has 2 rings (SSSR count). The van der Waals surface area contributed by atoms with E-state index in [4.69, 9.17) is 16.3 Å². The van der Waals surface area contributed by atoms with E-state index in [1.165, 1.54) is 18.1 Å². The highest BCUT2D eigenvalue weighted by molar-refractivity contribution is 7.92. The monoisotopic (exact) mass is 527 g/mol. The maximum Gasteiger partial charge on any atom is 0.244 e. The van der Waals surface area contributed by atoms with Gasteiger partial charge in [-0.1, -0.05) is 37.1 Å². The number of unbranched alkanes of at least 4 members (excludes halogenated alkanes) is 1. The molecule has 0 aliphatic rings. The van der Waals surface area contributed by atoms with Crippen LogP contribution in [0.4, 0.5) is 10.1 Å². The van der Waals surface area contributed by atoms with E-state index in [9.17, 15) is 22.4 Å². The van der Waals surface area contributed by atoms with Gasteiger partial charge < -0.3 is 15.0 Å². The lowest BCUT2D eigenvalue weighted by molar-refractivity contribution is -0.139. The van der Waals surface area contributed by atoms with Crippen molar-refractivity contribution in [2.24, 2.45) is 0 Å². The molecule has 0 saturated carbocycles. The van der Waals surface area contributed by atoms with E-state index in [0.717, 1.165) is 35.5 Å². The highest BCUT2D eigenvalue weighted by Gasteiger charge is 2.30. The van der Waals surface area contributed by atoms with E-state index in [1.54, 1.807) is 31.2 Å². The Labute approximate surface area is 211 Å². The normalized spacial score (nSPS) is 12.1. The number of sulfonamides is 1. The fourth-order valence-electron chi connectivity index (χ4n) is 3.34. The minimum absolute atomic E-state index is 0.0358. The Bertz CT molecular complexity index is 1150. The van der Waals surface area contributed by atoms with Crippen LogP contribution in [0.25, 0.3) is 0 Å². The number of halogens is 2. The van der Waals surface area contributed by atoms with Crippen molar-refractivity contribution in [3.63, 3.8) is 0 Å². The molecule has 2 aromatic carbocycles. The number of carbonyl (C=O) groups is 2. The van der Waals surface area contributed by atoms with Crippen LogP contribution in [-0.4, -0.2) is 57.6 Å². The number of rotatable bonds is 12. The number of hydrogen-bond donors (Lipinski definition) is 1. The number of hydrogen-bond acceptors (Lipinski definition) is 5. The molecule has 2 amide bonds. The molecular formula is C24H31ClFN3O5S. The second-order valence-corrected chi connectivity index (χ2v) is 10.4. The van der Waals surface area contributed by atoms with Crippen molar-refractivity contribution in [3.05, 3.63) is 58.9 Å². The van der Waals surface area contributed by atoms with E-state index in [-0.39, 0.29) is 23.2 Å².